The minimum atomic E-state index is -0.602. The maximum Gasteiger partial charge on any atom is 0.309 e. The van der Waals surface area contributed by atoms with Crippen molar-refractivity contribution in [3.63, 3.8) is 0 Å². The summed E-state index contributed by atoms with van der Waals surface area (Å²) in [6, 6.07) is 12.2. The summed E-state index contributed by atoms with van der Waals surface area (Å²) in [6.07, 6.45) is 0.537. The fraction of sp³-hybridized carbons (Fsp3) is 0.391. The van der Waals surface area contributed by atoms with E-state index in [-0.39, 0.29) is 31.0 Å². The first-order valence-electron chi connectivity index (χ1n) is 10.1. The van der Waals surface area contributed by atoms with Gasteiger partial charge in [0.05, 0.1) is 12.5 Å². The molecule has 0 radical (unpaired) electrons. The number of piperidine rings is 1. The first-order valence-corrected chi connectivity index (χ1v) is 10.1. The quantitative estimate of drug-likeness (QED) is 0.715. The molecule has 2 aliphatic heterocycles. The Morgan fingerprint density at radius 1 is 1.17 bits per heavy atom. The molecule has 0 N–H and O–H groups in total. The molecule has 1 fully saturated rings. The molecule has 2 heterocycles. The molecule has 0 aliphatic carbocycles. The van der Waals surface area contributed by atoms with Crippen molar-refractivity contribution in [2.45, 2.75) is 39.3 Å². The molecule has 0 spiro atoms. The van der Waals surface area contributed by atoms with Crippen molar-refractivity contribution in [3.8, 4) is 5.75 Å². The van der Waals surface area contributed by atoms with Gasteiger partial charge in [-0.05, 0) is 25.0 Å². The van der Waals surface area contributed by atoms with E-state index in [0.717, 1.165) is 5.56 Å². The molecular formula is C23H24FNO5. The van der Waals surface area contributed by atoms with Gasteiger partial charge in [0.15, 0.2) is 0 Å². The van der Waals surface area contributed by atoms with Crippen LogP contribution in [0.5, 0.6) is 5.75 Å². The molecule has 2 aromatic rings. The van der Waals surface area contributed by atoms with Crippen molar-refractivity contribution in [1.29, 1.82) is 0 Å². The number of ether oxygens (including phenoxy) is 3. The number of carbonyl (C=O) groups excluding carboxylic acids is 2. The van der Waals surface area contributed by atoms with Gasteiger partial charge < -0.3 is 19.1 Å². The number of hydrogen-bond donors (Lipinski definition) is 0. The van der Waals surface area contributed by atoms with E-state index in [2.05, 4.69) is 0 Å². The predicted octanol–water partition coefficient (Wildman–Crippen LogP) is 3.74. The zero-order chi connectivity index (χ0) is 21.1. The van der Waals surface area contributed by atoms with E-state index >= 15 is 0 Å². The summed E-state index contributed by atoms with van der Waals surface area (Å²) in [4.78, 5) is 25.7. The number of halogens is 1. The second kappa shape index (κ2) is 8.83. The third-order valence-electron chi connectivity index (χ3n) is 5.54. The summed E-state index contributed by atoms with van der Waals surface area (Å²) in [6.45, 7) is 2.75. The number of rotatable bonds is 4. The van der Waals surface area contributed by atoms with Crippen molar-refractivity contribution in [2.75, 3.05) is 13.1 Å². The first kappa shape index (κ1) is 20.3. The smallest absolute Gasteiger partial charge is 0.309 e. The van der Waals surface area contributed by atoms with E-state index in [1.54, 1.807) is 4.90 Å². The lowest BCUT2D eigenvalue weighted by atomic mass is 9.97. The van der Waals surface area contributed by atoms with E-state index < -0.39 is 12.1 Å². The average Bonchev–Trinajstić information content (AvgIpc) is 2.77. The van der Waals surface area contributed by atoms with Gasteiger partial charge in [-0.2, -0.15) is 0 Å². The summed E-state index contributed by atoms with van der Waals surface area (Å²) < 4.78 is 31.3. The minimum Gasteiger partial charge on any atom is -0.460 e. The molecule has 1 saturated heterocycles. The molecule has 30 heavy (non-hydrogen) atoms. The highest BCUT2D eigenvalue weighted by Crippen LogP contribution is 2.37. The molecule has 0 bridgehead atoms. The van der Waals surface area contributed by atoms with Crippen molar-refractivity contribution in [1.82, 2.24) is 4.90 Å². The summed E-state index contributed by atoms with van der Waals surface area (Å²) in [5.41, 5.74) is 1.92. The van der Waals surface area contributed by atoms with Crippen LogP contribution in [0.3, 0.4) is 0 Å². The van der Waals surface area contributed by atoms with Crippen LogP contribution in [0, 0.1) is 11.7 Å². The molecular weight excluding hydrogens is 389 g/mol. The monoisotopic (exact) mass is 413 g/mol. The van der Waals surface area contributed by atoms with Gasteiger partial charge in [-0.3, -0.25) is 9.59 Å². The number of fused-ring (bicyclic) bond motifs is 1. The normalized spacial score (nSPS) is 19.0. The Balaban J connectivity index is 1.43. The Bertz CT molecular complexity index is 925. The van der Waals surface area contributed by atoms with Gasteiger partial charge >= 0.3 is 5.97 Å². The van der Waals surface area contributed by atoms with Gasteiger partial charge in [0.25, 0.3) is 0 Å². The van der Waals surface area contributed by atoms with Gasteiger partial charge in [-0.1, -0.05) is 30.3 Å². The predicted molar refractivity (Wildman–Crippen MR) is 106 cm³/mol. The Morgan fingerprint density at radius 3 is 2.60 bits per heavy atom. The largest absolute Gasteiger partial charge is 0.460 e. The highest BCUT2D eigenvalue weighted by atomic mass is 19.1. The van der Waals surface area contributed by atoms with Crippen LogP contribution >= 0.6 is 0 Å². The van der Waals surface area contributed by atoms with Crippen LogP contribution in [0.2, 0.25) is 0 Å². The zero-order valence-electron chi connectivity index (χ0n) is 16.8. The van der Waals surface area contributed by atoms with Crippen LogP contribution in [-0.2, 0) is 32.3 Å². The fourth-order valence-electron chi connectivity index (χ4n) is 3.86. The molecule has 2 aliphatic rings. The third kappa shape index (κ3) is 4.46. The molecule has 0 saturated carbocycles. The van der Waals surface area contributed by atoms with Crippen LogP contribution in [0.1, 0.15) is 42.7 Å². The average molecular weight is 413 g/mol. The number of benzene rings is 2. The van der Waals surface area contributed by atoms with Crippen LogP contribution < -0.4 is 4.74 Å². The topological polar surface area (TPSA) is 65.1 Å². The van der Waals surface area contributed by atoms with Crippen molar-refractivity contribution in [2.24, 2.45) is 5.92 Å². The summed E-state index contributed by atoms with van der Waals surface area (Å²) in [7, 11) is 0. The van der Waals surface area contributed by atoms with E-state index in [9.17, 15) is 14.0 Å². The number of likely N-dealkylation sites (tertiary alicyclic amines) is 1. The van der Waals surface area contributed by atoms with E-state index in [4.69, 9.17) is 14.2 Å². The van der Waals surface area contributed by atoms with Crippen molar-refractivity contribution < 1.29 is 28.2 Å². The van der Waals surface area contributed by atoms with Gasteiger partial charge in [-0.25, -0.2) is 4.39 Å². The van der Waals surface area contributed by atoms with Gasteiger partial charge in [0, 0.05) is 36.7 Å². The molecule has 158 valence electrons. The maximum absolute atomic E-state index is 14.1. The molecule has 6 nitrogen and oxygen atoms in total. The van der Waals surface area contributed by atoms with E-state index in [0.29, 0.717) is 42.8 Å². The minimum absolute atomic E-state index is 0.0144. The van der Waals surface area contributed by atoms with Crippen molar-refractivity contribution >= 4 is 11.9 Å². The number of amides is 1. The van der Waals surface area contributed by atoms with Crippen LogP contribution in [-0.4, -0.2) is 29.9 Å². The van der Waals surface area contributed by atoms with Gasteiger partial charge in [-0.15, -0.1) is 0 Å². The zero-order valence-corrected chi connectivity index (χ0v) is 16.8. The lowest BCUT2D eigenvalue weighted by Crippen LogP contribution is -2.39. The Hall–Kier alpha value is -2.93. The summed E-state index contributed by atoms with van der Waals surface area (Å²) in [5.74, 6) is -0.509. The molecule has 2 aromatic carbocycles. The second-order valence-electron chi connectivity index (χ2n) is 7.61. The van der Waals surface area contributed by atoms with Crippen molar-refractivity contribution in [3.05, 3.63) is 65.0 Å². The third-order valence-corrected chi connectivity index (χ3v) is 5.54. The second-order valence-corrected chi connectivity index (χ2v) is 7.61. The fourth-order valence-corrected chi connectivity index (χ4v) is 3.86. The van der Waals surface area contributed by atoms with Gasteiger partial charge in [0.1, 0.15) is 18.2 Å². The number of esters is 1. The van der Waals surface area contributed by atoms with E-state index in [1.165, 1.54) is 19.1 Å². The molecule has 0 unspecified atom stereocenters. The molecule has 0 aromatic heterocycles. The number of hydrogen-bond acceptors (Lipinski definition) is 5. The highest BCUT2D eigenvalue weighted by Gasteiger charge is 2.29. The first-order chi connectivity index (χ1) is 14.5. The van der Waals surface area contributed by atoms with Crippen LogP contribution in [0.15, 0.2) is 42.5 Å². The maximum atomic E-state index is 14.1. The Labute approximate surface area is 174 Å². The number of nitrogens with zero attached hydrogens (tertiary/aromatic N) is 1. The standard InChI is InChI=1S/C23H24FNO5/c1-15(26)25-9-7-16(8-10-25)22(27)28-13-18-11-20(24)12-19-14-29-23(30-21(18)19)17-5-3-2-4-6-17/h2-6,11-12,16,23H,7-10,13-14H2,1H3/t23-/m1/s1. The SMILES string of the molecule is CC(=O)N1CCC(C(=O)OCc2cc(F)cc3c2O[C@H](c2ccccc2)OC3)CC1. The molecule has 7 heteroatoms. The van der Waals surface area contributed by atoms with E-state index in [1.807, 2.05) is 30.3 Å². The molecule has 1 atom stereocenters. The Kier molecular flexibility index (Phi) is 5.99. The number of carbonyl (C=O) groups is 2. The lowest BCUT2D eigenvalue weighted by Gasteiger charge is -2.30. The lowest BCUT2D eigenvalue weighted by molar-refractivity contribution is -0.153. The van der Waals surface area contributed by atoms with Crippen LogP contribution in [0.4, 0.5) is 4.39 Å². The van der Waals surface area contributed by atoms with Gasteiger partial charge in [0.2, 0.25) is 12.2 Å². The molecule has 4 rings (SSSR count). The Morgan fingerprint density at radius 2 is 1.90 bits per heavy atom. The highest BCUT2D eigenvalue weighted by molar-refractivity contribution is 5.75. The van der Waals surface area contributed by atoms with Crippen LogP contribution in [0.25, 0.3) is 0 Å². The summed E-state index contributed by atoms with van der Waals surface area (Å²) >= 11 is 0. The molecule has 1 amide bonds. The summed E-state index contributed by atoms with van der Waals surface area (Å²) in [5, 5.41) is 0.